The van der Waals surface area contributed by atoms with Gasteiger partial charge in [-0.15, -0.1) is 0 Å². The zero-order valence-corrected chi connectivity index (χ0v) is 13.6. The average Bonchev–Trinajstić information content (AvgIpc) is 2.69. The Bertz CT molecular complexity index is 590. The van der Waals surface area contributed by atoms with E-state index in [1.54, 1.807) is 0 Å². The van der Waals surface area contributed by atoms with Crippen LogP contribution in [0, 0.1) is 19.8 Å². The summed E-state index contributed by atoms with van der Waals surface area (Å²) in [6, 6.07) is 4.43. The monoisotopic (exact) mass is 273 g/mol. The van der Waals surface area contributed by atoms with Gasteiger partial charge in [0, 0.05) is 12.1 Å². The highest BCUT2D eigenvalue weighted by atomic mass is 15.1. The Hall–Kier alpha value is -1.35. The number of fused-ring (bicyclic) bond motifs is 1. The molecule has 0 saturated heterocycles. The van der Waals surface area contributed by atoms with E-state index >= 15 is 0 Å². The van der Waals surface area contributed by atoms with Gasteiger partial charge in [-0.1, -0.05) is 6.92 Å². The first-order chi connectivity index (χ1) is 9.26. The van der Waals surface area contributed by atoms with Crippen LogP contribution in [0.1, 0.15) is 38.8 Å². The third-order valence-electron chi connectivity index (χ3n) is 3.73. The van der Waals surface area contributed by atoms with Crippen LogP contribution in [0.5, 0.6) is 0 Å². The highest BCUT2D eigenvalue weighted by molar-refractivity contribution is 5.77. The zero-order chi connectivity index (χ0) is 14.9. The van der Waals surface area contributed by atoms with E-state index in [0.29, 0.717) is 5.92 Å². The average molecular weight is 273 g/mol. The van der Waals surface area contributed by atoms with Crippen LogP contribution in [-0.4, -0.2) is 21.6 Å². The second-order valence-corrected chi connectivity index (χ2v) is 7.06. The maximum absolute atomic E-state index is 4.53. The smallest absolute Gasteiger partial charge is 0.0958 e. The first-order valence-electron chi connectivity index (χ1n) is 7.43. The van der Waals surface area contributed by atoms with Crippen LogP contribution in [0.4, 0.5) is 0 Å². The number of benzene rings is 1. The molecule has 0 spiro atoms. The Morgan fingerprint density at radius 3 is 2.50 bits per heavy atom. The minimum atomic E-state index is 0.180. The van der Waals surface area contributed by atoms with Crippen LogP contribution >= 0.6 is 0 Å². The number of nitrogens with one attached hydrogen (secondary N) is 1. The summed E-state index contributed by atoms with van der Waals surface area (Å²) in [5, 5.41) is 3.57. The quantitative estimate of drug-likeness (QED) is 0.921. The Kier molecular flexibility index (Phi) is 4.19. The summed E-state index contributed by atoms with van der Waals surface area (Å²) in [5.74, 6) is 0.577. The molecule has 0 amide bonds. The summed E-state index contributed by atoms with van der Waals surface area (Å²) in [5.41, 5.74) is 5.17. The molecule has 1 heterocycles. The summed E-state index contributed by atoms with van der Waals surface area (Å²) >= 11 is 0. The molecule has 110 valence electrons. The standard InChI is InChI=1S/C17H27N3/c1-12(9-19-17(4,5)6)10-20-11-18-15-7-13(2)14(3)8-16(15)20/h7-8,11-12,19H,9-10H2,1-6H3. The molecule has 1 N–H and O–H groups in total. The molecule has 3 nitrogen and oxygen atoms in total. The Morgan fingerprint density at radius 2 is 1.85 bits per heavy atom. The van der Waals surface area contributed by atoms with Gasteiger partial charge in [0.1, 0.15) is 0 Å². The van der Waals surface area contributed by atoms with Crippen molar-refractivity contribution in [1.29, 1.82) is 0 Å². The summed E-state index contributed by atoms with van der Waals surface area (Å²) in [4.78, 5) is 4.53. The first-order valence-corrected chi connectivity index (χ1v) is 7.43. The minimum absolute atomic E-state index is 0.180. The van der Waals surface area contributed by atoms with Crippen molar-refractivity contribution in [2.24, 2.45) is 5.92 Å². The van der Waals surface area contributed by atoms with E-state index in [1.807, 2.05) is 6.33 Å². The van der Waals surface area contributed by atoms with Crippen LogP contribution in [0.15, 0.2) is 18.5 Å². The molecule has 1 aromatic carbocycles. The Morgan fingerprint density at radius 1 is 1.20 bits per heavy atom. The molecular formula is C17H27N3. The van der Waals surface area contributed by atoms with Crippen LogP contribution in [0.3, 0.4) is 0 Å². The van der Waals surface area contributed by atoms with Crippen LogP contribution < -0.4 is 5.32 Å². The lowest BCUT2D eigenvalue weighted by atomic mass is 10.1. The van der Waals surface area contributed by atoms with Gasteiger partial charge < -0.3 is 9.88 Å². The van der Waals surface area contributed by atoms with Gasteiger partial charge in [0.15, 0.2) is 0 Å². The molecule has 0 saturated carbocycles. The van der Waals surface area contributed by atoms with E-state index in [4.69, 9.17) is 0 Å². The normalized spacial score (nSPS) is 13.9. The van der Waals surface area contributed by atoms with Crippen molar-refractivity contribution in [3.63, 3.8) is 0 Å². The molecule has 3 heteroatoms. The molecule has 2 rings (SSSR count). The maximum Gasteiger partial charge on any atom is 0.0958 e. The van der Waals surface area contributed by atoms with E-state index in [1.165, 1.54) is 16.6 Å². The maximum atomic E-state index is 4.53. The van der Waals surface area contributed by atoms with Gasteiger partial charge in [0.2, 0.25) is 0 Å². The van der Waals surface area contributed by atoms with E-state index < -0.39 is 0 Å². The number of rotatable bonds is 4. The van der Waals surface area contributed by atoms with E-state index in [2.05, 4.69) is 68.5 Å². The predicted molar refractivity (Wildman–Crippen MR) is 86.1 cm³/mol. The molecule has 1 unspecified atom stereocenters. The molecule has 20 heavy (non-hydrogen) atoms. The van der Waals surface area contributed by atoms with Crippen molar-refractivity contribution in [2.45, 2.75) is 53.6 Å². The minimum Gasteiger partial charge on any atom is -0.330 e. The van der Waals surface area contributed by atoms with Crippen LogP contribution in [0.2, 0.25) is 0 Å². The zero-order valence-electron chi connectivity index (χ0n) is 13.6. The lowest BCUT2D eigenvalue weighted by molar-refractivity contribution is 0.362. The molecule has 1 aromatic heterocycles. The molecular weight excluding hydrogens is 246 g/mol. The highest BCUT2D eigenvalue weighted by Gasteiger charge is 2.13. The molecule has 0 aliphatic rings. The van der Waals surface area contributed by atoms with Crippen LogP contribution in [0.25, 0.3) is 11.0 Å². The number of aryl methyl sites for hydroxylation is 2. The Balaban J connectivity index is 2.12. The third-order valence-corrected chi connectivity index (χ3v) is 3.73. The number of hydrogen-bond donors (Lipinski definition) is 1. The largest absolute Gasteiger partial charge is 0.330 e. The van der Waals surface area contributed by atoms with Crippen molar-refractivity contribution in [3.05, 3.63) is 29.6 Å². The topological polar surface area (TPSA) is 29.9 Å². The fraction of sp³-hybridized carbons (Fsp3) is 0.588. The first kappa shape index (κ1) is 15.0. The molecule has 0 bridgehead atoms. The SMILES string of the molecule is Cc1cc2ncn(CC(C)CNC(C)(C)C)c2cc1C. The van der Waals surface area contributed by atoms with Crippen molar-refractivity contribution < 1.29 is 0 Å². The van der Waals surface area contributed by atoms with Crippen molar-refractivity contribution >= 4 is 11.0 Å². The van der Waals surface area contributed by atoms with E-state index in [9.17, 15) is 0 Å². The summed E-state index contributed by atoms with van der Waals surface area (Å²) in [6.07, 6.45) is 1.97. The lowest BCUT2D eigenvalue weighted by Crippen LogP contribution is -2.39. The molecule has 1 atom stereocenters. The number of imidazole rings is 1. The third kappa shape index (κ3) is 3.60. The fourth-order valence-corrected chi connectivity index (χ4v) is 2.34. The van der Waals surface area contributed by atoms with Gasteiger partial charge in [0.05, 0.1) is 17.4 Å². The van der Waals surface area contributed by atoms with E-state index in [0.717, 1.165) is 18.6 Å². The second kappa shape index (κ2) is 5.57. The van der Waals surface area contributed by atoms with Gasteiger partial charge >= 0.3 is 0 Å². The van der Waals surface area contributed by atoms with Gasteiger partial charge in [-0.3, -0.25) is 0 Å². The van der Waals surface area contributed by atoms with Gasteiger partial charge in [-0.25, -0.2) is 4.98 Å². The molecule has 0 fully saturated rings. The number of aromatic nitrogens is 2. The van der Waals surface area contributed by atoms with Gasteiger partial charge in [0.25, 0.3) is 0 Å². The fourth-order valence-electron chi connectivity index (χ4n) is 2.34. The van der Waals surface area contributed by atoms with Crippen molar-refractivity contribution in [2.75, 3.05) is 6.54 Å². The lowest BCUT2D eigenvalue weighted by Gasteiger charge is -2.23. The predicted octanol–water partition coefficient (Wildman–Crippen LogP) is 3.68. The summed E-state index contributed by atoms with van der Waals surface area (Å²) in [7, 11) is 0. The highest BCUT2D eigenvalue weighted by Crippen LogP contribution is 2.19. The number of hydrogen-bond acceptors (Lipinski definition) is 2. The van der Waals surface area contributed by atoms with E-state index in [-0.39, 0.29) is 5.54 Å². The Labute approximate surface area is 122 Å². The number of nitrogens with zero attached hydrogens (tertiary/aromatic N) is 2. The van der Waals surface area contributed by atoms with Crippen LogP contribution in [-0.2, 0) is 6.54 Å². The molecule has 0 aliphatic carbocycles. The van der Waals surface area contributed by atoms with Crippen molar-refractivity contribution in [1.82, 2.24) is 14.9 Å². The van der Waals surface area contributed by atoms with Gasteiger partial charge in [-0.2, -0.15) is 0 Å². The molecule has 2 aromatic rings. The van der Waals surface area contributed by atoms with Crippen molar-refractivity contribution in [3.8, 4) is 0 Å². The molecule has 0 radical (unpaired) electrons. The van der Waals surface area contributed by atoms with Gasteiger partial charge in [-0.05, 0) is 70.3 Å². The summed E-state index contributed by atoms with van der Waals surface area (Å²) in [6.45, 7) is 15.2. The second-order valence-electron chi connectivity index (χ2n) is 7.06. The molecule has 0 aliphatic heterocycles. The summed E-state index contributed by atoms with van der Waals surface area (Å²) < 4.78 is 2.27.